The van der Waals surface area contributed by atoms with Crippen LogP contribution in [-0.2, 0) is 21.2 Å². The molecular formula is C21H25N3O4S. The van der Waals surface area contributed by atoms with E-state index in [4.69, 9.17) is 0 Å². The Morgan fingerprint density at radius 3 is 2.41 bits per heavy atom. The molecule has 154 valence electrons. The molecule has 1 aliphatic rings. The summed E-state index contributed by atoms with van der Waals surface area (Å²) in [5.74, 6) is -0.473. The van der Waals surface area contributed by atoms with E-state index in [9.17, 15) is 18.0 Å². The van der Waals surface area contributed by atoms with Gasteiger partial charge in [-0.1, -0.05) is 42.5 Å². The Morgan fingerprint density at radius 1 is 1.03 bits per heavy atom. The van der Waals surface area contributed by atoms with Gasteiger partial charge >= 0.3 is 0 Å². The van der Waals surface area contributed by atoms with E-state index >= 15 is 0 Å². The van der Waals surface area contributed by atoms with Gasteiger partial charge in [-0.3, -0.25) is 9.59 Å². The molecule has 7 nitrogen and oxygen atoms in total. The number of sulfone groups is 1. The predicted octanol–water partition coefficient (Wildman–Crippen LogP) is 1.72. The number of amides is 2. The Labute approximate surface area is 170 Å². The molecule has 3 N–H and O–H groups in total. The van der Waals surface area contributed by atoms with E-state index in [0.717, 1.165) is 5.56 Å². The molecular weight excluding hydrogens is 390 g/mol. The van der Waals surface area contributed by atoms with Crippen LogP contribution in [0.3, 0.4) is 0 Å². The molecule has 1 saturated heterocycles. The fourth-order valence-electron chi connectivity index (χ4n) is 3.30. The van der Waals surface area contributed by atoms with Crippen molar-refractivity contribution in [3.05, 3.63) is 65.7 Å². The molecule has 0 saturated carbocycles. The van der Waals surface area contributed by atoms with Crippen LogP contribution in [-0.4, -0.2) is 43.8 Å². The molecule has 8 heteroatoms. The molecule has 1 heterocycles. The average molecular weight is 416 g/mol. The summed E-state index contributed by atoms with van der Waals surface area (Å²) in [6, 6.07) is 16.3. The quantitative estimate of drug-likeness (QED) is 0.639. The SMILES string of the molecule is CC1(NCC(=O)Nc2ccccc2C(=O)NCc2ccccc2)CCS(=O)(=O)C1. The number of para-hydroxylation sites is 1. The fraction of sp³-hybridized carbons (Fsp3) is 0.333. The van der Waals surface area contributed by atoms with Crippen molar-refractivity contribution in [2.24, 2.45) is 0 Å². The summed E-state index contributed by atoms with van der Waals surface area (Å²) in [4.78, 5) is 24.9. The lowest BCUT2D eigenvalue weighted by molar-refractivity contribution is -0.115. The molecule has 1 fully saturated rings. The smallest absolute Gasteiger partial charge is 0.253 e. The number of nitrogens with one attached hydrogen (secondary N) is 3. The number of anilines is 1. The van der Waals surface area contributed by atoms with Crippen molar-refractivity contribution in [1.29, 1.82) is 0 Å². The maximum atomic E-state index is 12.6. The van der Waals surface area contributed by atoms with E-state index in [1.54, 1.807) is 31.2 Å². The summed E-state index contributed by atoms with van der Waals surface area (Å²) >= 11 is 0. The van der Waals surface area contributed by atoms with Crippen LogP contribution in [0.25, 0.3) is 0 Å². The number of benzene rings is 2. The first kappa shape index (κ1) is 21.0. The lowest BCUT2D eigenvalue weighted by Gasteiger charge is -2.23. The van der Waals surface area contributed by atoms with E-state index in [1.807, 2.05) is 30.3 Å². The maximum absolute atomic E-state index is 12.6. The molecule has 1 aliphatic heterocycles. The Hall–Kier alpha value is -2.71. The molecule has 29 heavy (non-hydrogen) atoms. The Bertz CT molecular complexity index is 992. The molecule has 0 aromatic heterocycles. The molecule has 0 spiro atoms. The molecule has 1 atom stereocenters. The minimum atomic E-state index is -3.06. The van der Waals surface area contributed by atoms with Gasteiger partial charge in [0.1, 0.15) is 0 Å². The van der Waals surface area contributed by atoms with Crippen molar-refractivity contribution in [2.75, 3.05) is 23.4 Å². The van der Waals surface area contributed by atoms with Crippen molar-refractivity contribution < 1.29 is 18.0 Å². The molecule has 0 radical (unpaired) electrons. The highest BCUT2D eigenvalue weighted by Crippen LogP contribution is 2.22. The van der Waals surface area contributed by atoms with Crippen molar-refractivity contribution in [3.8, 4) is 0 Å². The van der Waals surface area contributed by atoms with Crippen molar-refractivity contribution in [1.82, 2.24) is 10.6 Å². The fourth-order valence-corrected chi connectivity index (χ4v) is 5.42. The first-order valence-corrected chi connectivity index (χ1v) is 11.2. The van der Waals surface area contributed by atoms with Gasteiger partial charge in [0.2, 0.25) is 5.91 Å². The maximum Gasteiger partial charge on any atom is 0.253 e. The zero-order chi connectivity index (χ0) is 20.9. The number of hydrogen-bond acceptors (Lipinski definition) is 5. The second-order valence-corrected chi connectivity index (χ2v) is 9.70. The van der Waals surface area contributed by atoms with Crippen LogP contribution < -0.4 is 16.0 Å². The molecule has 3 rings (SSSR count). The minimum Gasteiger partial charge on any atom is -0.348 e. The van der Waals surface area contributed by atoms with Crippen LogP contribution >= 0.6 is 0 Å². The highest BCUT2D eigenvalue weighted by molar-refractivity contribution is 7.91. The monoisotopic (exact) mass is 415 g/mol. The standard InChI is InChI=1S/C21H25N3O4S/c1-21(11-12-29(27,28)15-21)23-14-19(25)24-18-10-6-5-9-17(18)20(26)22-13-16-7-3-2-4-8-16/h2-10,23H,11-15H2,1H3,(H,22,26)(H,24,25). The Kier molecular flexibility index (Phi) is 6.34. The third kappa shape index (κ3) is 5.88. The van der Waals surface area contributed by atoms with Crippen LogP contribution in [0.5, 0.6) is 0 Å². The van der Waals surface area contributed by atoms with Crippen molar-refractivity contribution in [3.63, 3.8) is 0 Å². The number of rotatable bonds is 7. The average Bonchev–Trinajstić information content (AvgIpc) is 2.99. The van der Waals surface area contributed by atoms with Crippen LogP contribution in [0, 0.1) is 0 Å². The first-order valence-electron chi connectivity index (χ1n) is 9.43. The second kappa shape index (κ2) is 8.75. The summed E-state index contributed by atoms with van der Waals surface area (Å²) in [5, 5.41) is 8.63. The van der Waals surface area contributed by atoms with Gasteiger partial charge in [-0.2, -0.15) is 0 Å². The molecule has 2 amide bonds. The zero-order valence-electron chi connectivity index (χ0n) is 16.3. The number of carbonyl (C=O) groups excluding carboxylic acids is 2. The van der Waals surface area contributed by atoms with Gasteiger partial charge in [-0.15, -0.1) is 0 Å². The summed E-state index contributed by atoms with van der Waals surface area (Å²) in [6.07, 6.45) is 0.473. The number of hydrogen-bond donors (Lipinski definition) is 3. The topological polar surface area (TPSA) is 104 Å². The Balaban J connectivity index is 1.58. The normalized spacial score (nSPS) is 20.2. The summed E-state index contributed by atoms with van der Waals surface area (Å²) in [7, 11) is -3.06. The summed E-state index contributed by atoms with van der Waals surface area (Å²) < 4.78 is 23.4. The molecule has 2 aromatic rings. The van der Waals surface area contributed by atoms with Gasteiger partial charge in [0.15, 0.2) is 9.84 Å². The zero-order valence-corrected chi connectivity index (χ0v) is 17.1. The van der Waals surface area contributed by atoms with E-state index in [0.29, 0.717) is 24.2 Å². The summed E-state index contributed by atoms with van der Waals surface area (Å²) in [6.45, 7) is 2.15. The molecule has 0 aliphatic carbocycles. The highest BCUT2D eigenvalue weighted by atomic mass is 32.2. The van der Waals surface area contributed by atoms with E-state index in [1.165, 1.54) is 0 Å². The predicted molar refractivity (Wildman–Crippen MR) is 112 cm³/mol. The lowest BCUT2D eigenvalue weighted by atomic mass is 10.0. The summed E-state index contributed by atoms with van der Waals surface area (Å²) in [5.41, 5.74) is 1.15. The molecule has 2 aromatic carbocycles. The van der Waals surface area contributed by atoms with Gasteiger partial charge in [0, 0.05) is 12.1 Å². The lowest BCUT2D eigenvalue weighted by Crippen LogP contribution is -2.47. The van der Waals surface area contributed by atoms with Crippen LogP contribution in [0.2, 0.25) is 0 Å². The van der Waals surface area contributed by atoms with Gasteiger partial charge < -0.3 is 16.0 Å². The largest absolute Gasteiger partial charge is 0.348 e. The van der Waals surface area contributed by atoms with Crippen molar-refractivity contribution in [2.45, 2.75) is 25.4 Å². The van der Waals surface area contributed by atoms with Gasteiger partial charge in [0.05, 0.1) is 29.3 Å². The Morgan fingerprint density at radius 2 is 1.72 bits per heavy atom. The van der Waals surface area contributed by atoms with Crippen LogP contribution in [0.1, 0.15) is 29.3 Å². The van der Waals surface area contributed by atoms with Gasteiger partial charge in [0.25, 0.3) is 5.91 Å². The third-order valence-corrected chi connectivity index (χ3v) is 6.82. The van der Waals surface area contributed by atoms with Crippen LogP contribution in [0.15, 0.2) is 54.6 Å². The first-order chi connectivity index (χ1) is 13.8. The van der Waals surface area contributed by atoms with E-state index in [2.05, 4.69) is 16.0 Å². The van der Waals surface area contributed by atoms with Gasteiger partial charge in [-0.05, 0) is 31.0 Å². The van der Waals surface area contributed by atoms with E-state index in [-0.39, 0.29) is 29.9 Å². The van der Waals surface area contributed by atoms with Gasteiger partial charge in [-0.25, -0.2) is 8.42 Å². The second-order valence-electron chi connectivity index (χ2n) is 7.52. The molecule has 0 bridgehead atoms. The number of carbonyl (C=O) groups is 2. The van der Waals surface area contributed by atoms with Crippen LogP contribution in [0.4, 0.5) is 5.69 Å². The van der Waals surface area contributed by atoms with Crippen molar-refractivity contribution >= 4 is 27.3 Å². The third-order valence-electron chi connectivity index (χ3n) is 4.92. The molecule has 1 unspecified atom stereocenters. The highest BCUT2D eigenvalue weighted by Gasteiger charge is 2.38. The van der Waals surface area contributed by atoms with E-state index < -0.39 is 15.4 Å². The minimum absolute atomic E-state index is 0.0196.